The molecule has 0 saturated carbocycles. The van der Waals surface area contributed by atoms with Gasteiger partial charge in [-0.25, -0.2) is 0 Å². The summed E-state index contributed by atoms with van der Waals surface area (Å²) in [6, 6.07) is 8.21. The van der Waals surface area contributed by atoms with Crippen molar-refractivity contribution < 1.29 is 9.84 Å². The third kappa shape index (κ3) is 5.21. The van der Waals surface area contributed by atoms with Crippen LogP contribution in [0.2, 0.25) is 0 Å². The molecule has 0 fully saturated rings. The van der Waals surface area contributed by atoms with E-state index < -0.39 is 5.54 Å². The standard InChI is InChI=1S/C16H27NO2/c1-4-13(2)14-8-5-6-9-15(14)19-11-7-10-16(3,17)12-18/h5-6,8-9,13,18H,4,7,10-12,17H2,1-3H3. The van der Waals surface area contributed by atoms with Gasteiger partial charge in [-0.3, -0.25) is 0 Å². The molecule has 1 aromatic carbocycles. The van der Waals surface area contributed by atoms with Crippen molar-refractivity contribution in [3.05, 3.63) is 29.8 Å². The molecule has 2 unspecified atom stereocenters. The van der Waals surface area contributed by atoms with Crippen molar-refractivity contribution in [2.24, 2.45) is 5.73 Å². The van der Waals surface area contributed by atoms with Crippen LogP contribution in [0.3, 0.4) is 0 Å². The fraction of sp³-hybridized carbons (Fsp3) is 0.625. The van der Waals surface area contributed by atoms with Gasteiger partial charge in [0, 0.05) is 5.54 Å². The van der Waals surface area contributed by atoms with Crippen LogP contribution in [0.15, 0.2) is 24.3 Å². The largest absolute Gasteiger partial charge is 0.493 e. The summed E-state index contributed by atoms with van der Waals surface area (Å²) in [5.74, 6) is 1.48. The number of aliphatic hydroxyl groups excluding tert-OH is 1. The van der Waals surface area contributed by atoms with Gasteiger partial charge in [0.2, 0.25) is 0 Å². The molecule has 0 aromatic heterocycles. The Morgan fingerprint density at radius 1 is 1.37 bits per heavy atom. The molecule has 19 heavy (non-hydrogen) atoms. The molecule has 0 aliphatic rings. The maximum absolute atomic E-state index is 9.09. The van der Waals surface area contributed by atoms with Gasteiger partial charge in [-0.1, -0.05) is 32.0 Å². The lowest BCUT2D eigenvalue weighted by Gasteiger charge is -2.22. The highest BCUT2D eigenvalue weighted by Gasteiger charge is 2.16. The summed E-state index contributed by atoms with van der Waals surface area (Å²) in [5, 5.41) is 9.09. The number of hydrogen-bond acceptors (Lipinski definition) is 3. The number of nitrogens with two attached hydrogens (primary N) is 1. The topological polar surface area (TPSA) is 55.5 Å². The highest BCUT2D eigenvalue weighted by Crippen LogP contribution is 2.28. The molecule has 0 amide bonds. The quantitative estimate of drug-likeness (QED) is 0.710. The minimum Gasteiger partial charge on any atom is -0.493 e. The van der Waals surface area contributed by atoms with E-state index >= 15 is 0 Å². The van der Waals surface area contributed by atoms with Crippen molar-refractivity contribution >= 4 is 0 Å². The van der Waals surface area contributed by atoms with Gasteiger partial charge in [-0.05, 0) is 43.7 Å². The zero-order valence-corrected chi connectivity index (χ0v) is 12.4. The van der Waals surface area contributed by atoms with E-state index in [1.165, 1.54) is 5.56 Å². The summed E-state index contributed by atoms with van der Waals surface area (Å²) in [5.41, 5.74) is 6.66. The minimum atomic E-state index is -0.500. The second kappa shape index (κ2) is 7.51. The summed E-state index contributed by atoms with van der Waals surface area (Å²) in [6.07, 6.45) is 2.71. The highest BCUT2D eigenvalue weighted by atomic mass is 16.5. The molecule has 0 radical (unpaired) electrons. The third-order valence-electron chi connectivity index (χ3n) is 3.57. The molecular weight excluding hydrogens is 238 g/mol. The number of ether oxygens (including phenoxy) is 1. The van der Waals surface area contributed by atoms with Crippen molar-refractivity contribution in [2.75, 3.05) is 13.2 Å². The lowest BCUT2D eigenvalue weighted by molar-refractivity contribution is 0.188. The molecule has 0 bridgehead atoms. The van der Waals surface area contributed by atoms with Crippen molar-refractivity contribution in [1.29, 1.82) is 0 Å². The fourth-order valence-corrected chi connectivity index (χ4v) is 1.98. The Kier molecular flexibility index (Phi) is 6.32. The van der Waals surface area contributed by atoms with E-state index in [1.807, 2.05) is 19.1 Å². The smallest absolute Gasteiger partial charge is 0.122 e. The van der Waals surface area contributed by atoms with E-state index in [0.717, 1.165) is 25.0 Å². The first-order valence-electron chi connectivity index (χ1n) is 7.11. The molecule has 1 aromatic rings. The number of rotatable bonds is 8. The number of hydrogen-bond donors (Lipinski definition) is 2. The zero-order valence-electron chi connectivity index (χ0n) is 12.4. The van der Waals surface area contributed by atoms with Crippen LogP contribution in [0, 0.1) is 0 Å². The maximum Gasteiger partial charge on any atom is 0.122 e. The Hall–Kier alpha value is -1.06. The molecule has 2 atom stereocenters. The van der Waals surface area contributed by atoms with Crippen LogP contribution in [0.5, 0.6) is 5.75 Å². The van der Waals surface area contributed by atoms with E-state index in [4.69, 9.17) is 15.6 Å². The maximum atomic E-state index is 9.09. The third-order valence-corrected chi connectivity index (χ3v) is 3.57. The number of para-hydroxylation sites is 1. The molecule has 3 nitrogen and oxygen atoms in total. The lowest BCUT2D eigenvalue weighted by Crippen LogP contribution is -2.40. The van der Waals surface area contributed by atoms with Crippen LogP contribution >= 0.6 is 0 Å². The molecule has 1 rings (SSSR count). The molecule has 0 spiro atoms. The average molecular weight is 265 g/mol. The Morgan fingerprint density at radius 2 is 2.05 bits per heavy atom. The first-order valence-corrected chi connectivity index (χ1v) is 7.11. The van der Waals surface area contributed by atoms with Gasteiger partial charge in [-0.15, -0.1) is 0 Å². The fourth-order valence-electron chi connectivity index (χ4n) is 1.98. The van der Waals surface area contributed by atoms with Gasteiger partial charge in [-0.2, -0.15) is 0 Å². The number of aliphatic hydroxyl groups is 1. The average Bonchev–Trinajstić information content (AvgIpc) is 2.43. The van der Waals surface area contributed by atoms with Gasteiger partial charge in [0.05, 0.1) is 13.2 Å². The van der Waals surface area contributed by atoms with Gasteiger partial charge < -0.3 is 15.6 Å². The van der Waals surface area contributed by atoms with E-state index in [-0.39, 0.29) is 6.61 Å². The summed E-state index contributed by atoms with van der Waals surface area (Å²) < 4.78 is 5.86. The second-order valence-electron chi connectivity index (χ2n) is 5.61. The van der Waals surface area contributed by atoms with Crippen molar-refractivity contribution in [1.82, 2.24) is 0 Å². The first-order chi connectivity index (χ1) is 9.00. The van der Waals surface area contributed by atoms with Crippen LogP contribution in [0.1, 0.15) is 51.5 Å². The van der Waals surface area contributed by atoms with Crippen LogP contribution in [0.4, 0.5) is 0 Å². The lowest BCUT2D eigenvalue weighted by atomic mass is 9.97. The Balaban J connectivity index is 2.50. The van der Waals surface area contributed by atoms with Crippen LogP contribution in [-0.4, -0.2) is 23.9 Å². The van der Waals surface area contributed by atoms with E-state index in [0.29, 0.717) is 12.5 Å². The monoisotopic (exact) mass is 265 g/mol. The van der Waals surface area contributed by atoms with Crippen LogP contribution in [0.25, 0.3) is 0 Å². The van der Waals surface area contributed by atoms with Gasteiger partial charge in [0.25, 0.3) is 0 Å². The number of benzene rings is 1. The van der Waals surface area contributed by atoms with E-state index in [1.54, 1.807) is 0 Å². The summed E-state index contributed by atoms with van der Waals surface area (Å²) in [7, 11) is 0. The van der Waals surface area contributed by atoms with E-state index in [2.05, 4.69) is 26.0 Å². The zero-order chi connectivity index (χ0) is 14.3. The second-order valence-corrected chi connectivity index (χ2v) is 5.61. The predicted octanol–water partition coefficient (Wildman–Crippen LogP) is 3.07. The van der Waals surface area contributed by atoms with Crippen molar-refractivity contribution in [3.63, 3.8) is 0 Å². The molecule has 3 heteroatoms. The summed E-state index contributed by atoms with van der Waals surface area (Å²) >= 11 is 0. The molecule has 108 valence electrons. The predicted molar refractivity (Wildman–Crippen MR) is 79.6 cm³/mol. The van der Waals surface area contributed by atoms with Gasteiger partial charge in [0.1, 0.15) is 5.75 Å². The highest BCUT2D eigenvalue weighted by molar-refractivity contribution is 5.35. The molecular formula is C16H27NO2. The van der Waals surface area contributed by atoms with Crippen molar-refractivity contribution in [3.8, 4) is 5.75 Å². The summed E-state index contributed by atoms with van der Waals surface area (Å²) in [4.78, 5) is 0. The SMILES string of the molecule is CCC(C)c1ccccc1OCCCC(C)(N)CO. The molecule has 0 saturated heterocycles. The van der Waals surface area contributed by atoms with E-state index in [9.17, 15) is 0 Å². The first kappa shape index (κ1) is 16.0. The van der Waals surface area contributed by atoms with Crippen LogP contribution < -0.4 is 10.5 Å². The van der Waals surface area contributed by atoms with Crippen molar-refractivity contribution in [2.45, 2.75) is 51.5 Å². The Morgan fingerprint density at radius 3 is 2.68 bits per heavy atom. The summed E-state index contributed by atoms with van der Waals surface area (Å²) in [6.45, 7) is 6.91. The van der Waals surface area contributed by atoms with Crippen LogP contribution in [-0.2, 0) is 0 Å². The Bertz CT molecular complexity index is 377. The minimum absolute atomic E-state index is 0.0104. The normalized spacial score (nSPS) is 15.8. The van der Waals surface area contributed by atoms with Gasteiger partial charge in [0.15, 0.2) is 0 Å². The molecule has 3 N–H and O–H groups in total. The molecule has 0 heterocycles. The molecule has 0 aliphatic carbocycles. The Labute approximate surface area is 116 Å². The van der Waals surface area contributed by atoms with Gasteiger partial charge >= 0.3 is 0 Å². The molecule has 0 aliphatic heterocycles.